The smallest absolute Gasteiger partial charge is 0.182 e. The molecule has 1 fully saturated rings. The third-order valence-corrected chi connectivity index (χ3v) is 6.48. The van der Waals surface area contributed by atoms with Crippen molar-refractivity contribution in [3.8, 4) is 5.75 Å². The molecule has 1 atom stereocenters. The van der Waals surface area contributed by atoms with Crippen LogP contribution in [0, 0.1) is 11.3 Å². The van der Waals surface area contributed by atoms with Crippen LogP contribution in [-0.2, 0) is 10.8 Å². The van der Waals surface area contributed by atoms with E-state index >= 15 is 0 Å². The molecular weight excluding hydrogens is 502 g/mol. The van der Waals surface area contributed by atoms with Crippen LogP contribution >= 0.6 is 17.0 Å². The van der Waals surface area contributed by atoms with Crippen LogP contribution in [0.3, 0.4) is 0 Å². The number of ketones is 1. The van der Waals surface area contributed by atoms with Gasteiger partial charge in [-0.25, -0.2) is 0 Å². The molecule has 0 spiro atoms. The number of likely N-dealkylation sites (tertiary alicyclic amines) is 1. The monoisotopic (exact) mass is 541 g/mol. The SMILES string of the molecule is Br.CCCC1CN(CC(=O)c2cc(C(C)(C)C)c(O)c(C(C)(C)C)c2)C(=N)C1=Cc1ccccn1. The van der Waals surface area contributed by atoms with Crippen LogP contribution in [0.5, 0.6) is 5.75 Å². The predicted octanol–water partition coefficient (Wildman–Crippen LogP) is 6.94. The second-order valence-electron chi connectivity index (χ2n) is 11.4. The first kappa shape index (κ1) is 28.8. The van der Waals surface area contributed by atoms with Crippen molar-refractivity contribution in [2.24, 2.45) is 5.92 Å². The summed E-state index contributed by atoms with van der Waals surface area (Å²) in [6.45, 7) is 15.2. The summed E-state index contributed by atoms with van der Waals surface area (Å²) >= 11 is 0. The molecule has 190 valence electrons. The van der Waals surface area contributed by atoms with E-state index in [-0.39, 0.29) is 51.8 Å². The van der Waals surface area contributed by atoms with Crippen LogP contribution in [-0.4, -0.2) is 39.7 Å². The topological polar surface area (TPSA) is 77.3 Å². The average Bonchev–Trinajstić information content (AvgIpc) is 3.02. The van der Waals surface area contributed by atoms with Gasteiger partial charge in [0.05, 0.1) is 12.2 Å². The molecule has 2 N–H and O–H groups in total. The molecule has 0 radical (unpaired) electrons. The number of halogens is 1. The molecule has 2 heterocycles. The summed E-state index contributed by atoms with van der Waals surface area (Å²) in [5.41, 5.74) is 3.33. The molecule has 5 nitrogen and oxygen atoms in total. The van der Waals surface area contributed by atoms with E-state index in [1.807, 2.05) is 82.9 Å². The molecule has 35 heavy (non-hydrogen) atoms. The maximum Gasteiger partial charge on any atom is 0.182 e. The van der Waals surface area contributed by atoms with Gasteiger partial charge in [0, 0.05) is 40.9 Å². The fraction of sp³-hybridized carbons (Fsp3) is 0.483. The Balaban J connectivity index is 0.00000432. The average molecular weight is 543 g/mol. The van der Waals surface area contributed by atoms with Crippen LogP contribution < -0.4 is 0 Å². The minimum absolute atomic E-state index is 0. The second kappa shape index (κ2) is 11.1. The maximum absolute atomic E-state index is 13.5. The Kier molecular flexibility index (Phi) is 9.10. The van der Waals surface area contributed by atoms with E-state index in [9.17, 15) is 9.90 Å². The fourth-order valence-corrected chi connectivity index (χ4v) is 4.58. The van der Waals surface area contributed by atoms with E-state index in [0.29, 0.717) is 17.9 Å². The molecule has 0 amide bonds. The molecule has 1 aromatic heterocycles. The first-order valence-corrected chi connectivity index (χ1v) is 12.2. The number of phenolic OH excluding ortho intramolecular Hbond substituents is 1. The number of benzene rings is 1. The third-order valence-electron chi connectivity index (χ3n) is 6.48. The van der Waals surface area contributed by atoms with Gasteiger partial charge in [-0.3, -0.25) is 15.2 Å². The number of carbonyl (C=O) groups excluding carboxylic acids is 1. The third kappa shape index (κ3) is 6.60. The standard InChI is InChI=1S/C29H39N3O2.BrH/c1-8-11-19-17-32(27(30)22(19)16-21-12-9-10-13-31-21)18-25(33)20-14-23(28(2,3)4)26(34)24(15-20)29(5,6)7;/h9-10,12-16,19,30,34H,8,11,17-18H2,1-7H3;1H. The zero-order chi connectivity index (χ0) is 25.3. The van der Waals surface area contributed by atoms with Crippen molar-refractivity contribution in [1.29, 1.82) is 5.41 Å². The Bertz CT molecular complexity index is 1060. The van der Waals surface area contributed by atoms with Crippen molar-refractivity contribution in [2.75, 3.05) is 13.1 Å². The van der Waals surface area contributed by atoms with E-state index in [2.05, 4.69) is 11.9 Å². The number of amidine groups is 1. The molecule has 1 aliphatic rings. The van der Waals surface area contributed by atoms with E-state index < -0.39 is 0 Å². The van der Waals surface area contributed by atoms with Gasteiger partial charge in [0.1, 0.15) is 11.6 Å². The fourth-order valence-electron chi connectivity index (χ4n) is 4.58. The van der Waals surface area contributed by atoms with Crippen molar-refractivity contribution >= 4 is 34.7 Å². The lowest BCUT2D eigenvalue weighted by Crippen LogP contribution is -2.31. The lowest BCUT2D eigenvalue weighted by Gasteiger charge is -2.28. The number of carbonyl (C=O) groups is 1. The molecule has 1 aromatic carbocycles. The number of hydrogen-bond acceptors (Lipinski definition) is 4. The summed E-state index contributed by atoms with van der Waals surface area (Å²) < 4.78 is 0. The van der Waals surface area contributed by atoms with Gasteiger partial charge in [0.15, 0.2) is 5.78 Å². The highest BCUT2D eigenvalue weighted by molar-refractivity contribution is 8.93. The molecule has 6 heteroatoms. The van der Waals surface area contributed by atoms with Crippen LogP contribution in [0.4, 0.5) is 0 Å². The number of hydrogen-bond donors (Lipinski definition) is 2. The molecule has 1 saturated heterocycles. The molecule has 0 bridgehead atoms. The predicted molar refractivity (Wildman–Crippen MR) is 150 cm³/mol. The van der Waals surface area contributed by atoms with E-state index in [0.717, 1.165) is 35.2 Å². The Morgan fingerprint density at radius 1 is 1.14 bits per heavy atom. The van der Waals surface area contributed by atoms with Crippen LogP contribution in [0.2, 0.25) is 0 Å². The molecule has 1 unspecified atom stereocenters. The molecule has 2 aromatic rings. The minimum Gasteiger partial charge on any atom is -0.507 e. The van der Waals surface area contributed by atoms with E-state index in [1.54, 1.807) is 6.20 Å². The minimum atomic E-state index is -0.300. The Labute approximate surface area is 220 Å². The van der Waals surface area contributed by atoms with Crippen molar-refractivity contribution in [3.05, 3.63) is 64.5 Å². The van der Waals surface area contributed by atoms with Crippen molar-refractivity contribution in [2.45, 2.75) is 72.1 Å². The summed E-state index contributed by atoms with van der Waals surface area (Å²) in [6, 6.07) is 9.43. The van der Waals surface area contributed by atoms with Gasteiger partial charge >= 0.3 is 0 Å². The number of nitrogens with zero attached hydrogens (tertiary/aromatic N) is 2. The second-order valence-corrected chi connectivity index (χ2v) is 11.4. The number of nitrogens with one attached hydrogen (secondary N) is 1. The highest BCUT2D eigenvalue weighted by atomic mass is 79.9. The number of Topliss-reactive ketones (excluding diaryl/α,β-unsaturated/α-hetero) is 1. The normalized spacial score (nSPS) is 17.6. The number of aromatic hydroxyl groups is 1. The summed E-state index contributed by atoms with van der Waals surface area (Å²) in [5.74, 6) is 0.856. The number of pyridine rings is 1. The van der Waals surface area contributed by atoms with Crippen LogP contribution in [0.25, 0.3) is 6.08 Å². The zero-order valence-corrected chi connectivity index (χ0v) is 23.8. The van der Waals surface area contributed by atoms with Gasteiger partial charge in [-0.1, -0.05) is 61.0 Å². The summed E-state index contributed by atoms with van der Waals surface area (Å²) in [7, 11) is 0. The molecule has 0 aliphatic carbocycles. The van der Waals surface area contributed by atoms with Crippen molar-refractivity contribution in [3.63, 3.8) is 0 Å². The van der Waals surface area contributed by atoms with Gasteiger partial charge in [0.2, 0.25) is 0 Å². The van der Waals surface area contributed by atoms with Crippen LogP contribution in [0.15, 0.2) is 42.1 Å². The Hall–Kier alpha value is -2.47. The number of phenols is 1. The lowest BCUT2D eigenvalue weighted by atomic mass is 9.78. The molecule has 0 saturated carbocycles. The number of aromatic nitrogens is 1. The van der Waals surface area contributed by atoms with Gasteiger partial charge in [-0.15, -0.1) is 17.0 Å². The van der Waals surface area contributed by atoms with Crippen LogP contribution in [0.1, 0.15) is 88.5 Å². The van der Waals surface area contributed by atoms with Gasteiger partial charge in [-0.05, 0) is 47.6 Å². The maximum atomic E-state index is 13.5. The van der Waals surface area contributed by atoms with Crippen molar-refractivity contribution in [1.82, 2.24) is 9.88 Å². The Morgan fingerprint density at radius 3 is 2.23 bits per heavy atom. The Morgan fingerprint density at radius 2 is 1.74 bits per heavy atom. The highest BCUT2D eigenvalue weighted by Gasteiger charge is 2.34. The quantitative estimate of drug-likeness (QED) is 0.388. The van der Waals surface area contributed by atoms with Gasteiger partial charge < -0.3 is 10.0 Å². The summed E-state index contributed by atoms with van der Waals surface area (Å²) in [6.07, 6.45) is 5.73. The molecule has 1 aliphatic heterocycles. The first-order chi connectivity index (χ1) is 15.8. The summed E-state index contributed by atoms with van der Waals surface area (Å²) in [4.78, 5) is 19.8. The number of rotatable bonds is 6. The summed E-state index contributed by atoms with van der Waals surface area (Å²) in [5, 5.41) is 19.8. The lowest BCUT2D eigenvalue weighted by molar-refractivity contribution is 0.0963. The van der Waals surface area contributed by atoms with E-state index in [4.69, 9.17) is 5.41 Å². The highest BCUT2D eigenvalue weighted by Crippen LogP contribution is 2.40. The van der Waals surface area contributed by atoms with Crippen molar-refractivity contribution < 1.29 is 9.90 Å². The van der Waals surface area contributed by atoms with E-state index in [1.165, 1.54) is 0 Å². The molecule has 3 rings (SSSR count). The van der Waals surface area contributed by atoms with Gasteiger partial charge in [-0.2, -0.15) is 0 Å². The largest absolute Gasteiger partial charge is 0.507 e. The van der Waals surface area contributed by atoms with Gasteiger partial charge in [0.25, 0.3) is 0 Å². The molecular formula is C29H40BrN3O2. The first-order valence-electron chi connectivity index (χ1n) is 12.2. The zero-order valence-electron chi connectivity index (χ0n) is 22.1.